The van der Waals surface area contributed by atoms with Crippen LogP contribution >= 0.6 is 0 Å². The fourth-order valence-corrected chi connectivity index (χ4v) is 2.18. The van der Waals surface area contributed by atoms with Crippen molar-refractivity contribution in [2.24, 2.45) is 5.73 Å². The lowest BCUT2D eigenvalue weighted by molar-refractivity contribution is -0.167. The molecule has 0 fully saturated rings. The van der Waals surface area contributed by atoms with E-state index in [4.69, 9.17) is 10.6 Å². The topological polar surface area (TPSA) is 38.5 Å². The molecule has 96 valence electrons. The normalized spacial score (nSPS) is 14.9. The van der Waals surface area contributed by atoms with Crippen molar-refractivity contribution in [1.29, 1.82) is 0 Å². The van der Waals surface area contributed by atoms with Crippen LogP contribution in [0.3, 0.4) is 0 Å². The van der Waals surface area contributed by atoms with E-state index in [2.05, 4.69) is 32.0 Å². The molecule has 0 aliphatic carbocycles. The lowest BCUT2D eigenvalue weighted by Crippen LogP contribution is -2.39. The van der Waals surface area contributed by atoms with Crippen LogP contribution in [0, 0.1) is 6.92 Å². The number of aryl methyl sites for hydroxylation is 1. The van der Waals surface area contributed by atoms with Crippen LogP contribution in [0.2, 0.25) is 0 Å². The van der Waals surface area contributed by atoms with Crippen LogP contribution in [-0.4, -0.2) is 24.8 Å². The summed E-state index contributed by atoms with van der Waals surface area (Å²) in [5.74, 6) is 0. The van der Waals surface area contributed by atoms with Gasteiger partial charge in [0.15, 0.2) is 0 Å². The molecule has 0 aliphatic rings. The van der Waals surface area contributed by atoms with Gasteiger partial charge < -0.3 is 10.6 Å². The van der Waals surface area contributed by atoms with Crippen molar-refractivity contribution in [3.05, 3.63) is 35.4 Å². The molecule has 0 aliphatic heterocycles. The van der Waals surface area contributed by atoms with Crippen LogP contribution in [0.25, 0.3) is 0 Å². The average molecular weight is 236 g/mol. The van der Waals surface area contributed by atoms with Gasteiger partial charge in [0.05, 0.1) is 13.2 Å². The molecular formula is C14H24N2O. The van der Waals surface area contributed by atoms with Gasteiger partial charge in [-0.15, -0.1) is 0 Å². The number of nitrogens with zero attached hydrogens (tertiary/aromatic N) is 1. The Bertz CT molecular complexity index is 339. The van der Waals surface area contributed by atoms with Crippen LogP contribution < -0.4 is 5.73 Å². The standard InChI is InChI=1S/C14H24N2O/c1-5-10-16(17-4)14(12(3)15)13-9-7-6-8-11(13)2/h6-9,12,14H,5,10,15H2,1-4H3. The second-order valence-electron chi connectivity index (χ2n) is 4.48. The van der Waals surface area contributed by atoms with Crippen LogP contribution in [0.1, 0.15) is 37.4 Å². The molecule has 0 radical (unpaired) electrons. The number of nitrogens with two attached hydrogens (primary N) is 1. The van der Waals surface area contributed by atoms with Gasteiger partial charge in [-0.25, -0.2) is 0 Å². The summed E-state index contributed by atoms with van der Waals surface area (Å²) < 4.78 is 0. The zero-order valence-corrected chi connectivity index (χ0v) is 11.3. The Balaban J connectivity index is 3.04. The van der Waals surface area contributed by atoms with E-state index in [1.54, 1.807) is 7.11 Å². The number of rotatable bonds is 6. The van der Waals surface area contributed by atoms with Crippen molar-refractivity contribution in [2.75, 3.05) is 13.7 Å². The van der Waals surface area contributed by atoms with E-state index in [0.717, 1.165) is 13.0 Å². The fourth-order valence-electron chi connectivity index (χ4n) is 2.18. The maximum absolute atomic E-state index is 6.12. The van der Waals surface area contributed by atoms with Gasteiger partial charge in [0.1, 0.15) is 0 Å². The minimum absolute atomic E-state index is 0.0302. The molecule has 1 aromatic carbocycles. The molecule has 3 nitrogen and oxygen atoms in total. The highest BCUT2D eigenvalue weighted by Gasteiger charge is 2.24. The highest BCUT2D eigenvalue weighted by atomic mass is 16.7. The minimum atomic E-state index is 0.0302. The van der Waals surface area contributed by atoms with E-state index in [1.807, 2.05) is 18.1 Å². The molecule has 0 amide bonds. The molecule has 0 bridgehead atoms. The summed E-state index contributed by atoms with van der Waals surface area (Å²) in [4.78, 5) is 5.48. The van der Waals surface area contributed by atoms with Gasteiger partial charge in [-0.3, -0.25) is 0 Å². The SMILES string of the molecule is CCCN(OC)C(c1ccccc1C)C(C)N. The van der Waals surface area contributed by atoms with E-state index in [-0.39, 0.29) is 12.1 Å². The summed E-state index contributed by atoms with van der Waals surface area (Å²) in [7, 11) is 1.71. The third-order valence-electron chi connectivity index (χ3n) is 2.99. The first-order valence-electron chi connectivity index (χ1n) is 6.23. The van der Waals surface area contributed by atoms with Crippen molar-refractivity contribution in [3.63, 3.8) is 0 Å². The van der Waals surface area contributed by atoms with Gasteiger partial charge in [-0.1, -0.05) is 31.2 Å². The molecule has 0 heterocycles. The van der Waals surface area contributed by atoms with Crippen molar-refractivity contribution in [1.82, 2.24) is 5.06 Å². The van der Waals surface area contributed by atoms with E-state index in [0.29, 0.717) is 0 Å². The molecule has 0 spiro atoms. The molecule has 0 aromatic heterocycles. The van der Waals surface area contributed by atoms with Gasteiger partial charge in [0.25, 0.3) is 0 Å². The quantitative estimate of drug-likeness (QED) is 0.772. The molecule has 0 saturated heterocycles. The van der Waals surface area contributed by atoms with Crippen LogP contribution in [-0.2, 0) is 4.84 Å². The minimum Gasteiger partial charge on any atom is -0.326 e. The molecule has 2 atom stereocenters. The Morgan fingerprint density at radius 2 is 2.00 bits per heavy atom. The van der Waals surface area contributed by atoms with E-state index < -0.39 is 0 Å². The lowest BCUT2D eigenvalue weighted by atomic mass is 9.96. The molecule has 2 unspecified atom stereocenters. The summed E-state index contributed by atoms with van der Waals surface area (Å²) in [6.07, 6.45) is 1.04. The molecule has 17 heavy (non-hydrogen) atoms. The van der Waals surface area contributed by atoms with Gasteiger partial charge >= 0.3 is 0 Å². The largest absolute Gasteiger partial charge is 0.326 e. The highest BCUT2D eigenvalue weighted by Crippen LogP contribution is 2.26. The predicted octanol–water partition coefficient (Wildman–Crippen LogP) is 2.66. The smallest absolute Gasteiger partial charge is 0.0752 e. The zero-order valence-electron chi connectivity index (χ0n) is 11.3. The molecule has 1 rings (SSSR count). The van der Waals surface area contributed by atoms with E-state index >= 15 is 0 Å². The van der Waals surface area contributed by atoms with Crippen molar-refractivity contribution < 1.29 is 4.84 Å². The molecular weight excluding hydrogens is 212 g/mol. The Kier molecular flexibility index (Phi) is 5.62. The molecule has 2 N–H and O–H groups in total. The predicted molar refractivity (Wildman–Crippen MR) is 71.6 cm³/mol. The monoisotopic (exact) mass is 236 g/mol. The molecule has 1 aromatic rings. The van der Waals surface area contributed by atoms with Crippen molar-refractivity contribution in [3.8, 4) is 0 Å². The van der Waals surface area contributed by atoms with Gasteiger partial charge in [-0.2, -0.15) is 5.06 Å². The number of hydrogen-bond donors (Lipinski definition) is 1. The van der Waals surface area contributed by atoms with Gasteiger partial charge in [-0.05, 0) is 31.4 Å². The maximum atomic E-state index is 6.12. The first-order valence-corrected chi connectivity index (χ1v) is 6.23. The average Bonchev–Trinajstić information content (AvgIpc) is 2.30. The number of hydrogen-bond acceptors (Lipinski definition) is 3. The summed E-state index contributed by atoms with van der Waals surface area (Å²) in [5, 5.41) is 1.98. The zero-order chi connectivity index (χ0) is 12.8. The van der Waals surface area contributed by atoms with Crippen LogP contribution in [0.4, 0.5) is 0 Å². The van der Waals surface area contributed by atoms with Gasteiger partial charge in [0, 0.05) is 12.6 Å². The first kappa shape index (κ1) is 14.2. The van der Waals surface area contributed by atoms with Crippen LogP contribution in [0.15, 0.2) is 24.3 Å². The maximum Gasteiger partial charge on any atom is 0.0752 e. The first-order chi connectivity index (χ1) is 8.11. The summed E-state index contributed by atoms with van der Waals surface area (Å²) in [6, 6.07) is 8.49. The third kappa shape index (κ3) is 3.53. The Labute approximate surface area is 105 Å². The molecule has 0 saturated carbocycles. The Hall–Kier alpha value is -0.900. The third-order valence-corrected chi connectivity index (χ3v) is 2.99. The van der Waals surface area contributed by atoms with E-state index in [9.17, 15) is 0 Å². The number of benzene rings is 1. The van der Waals surface area contributed by atoms with E-state index in [1.165, 1.54) is 11.1 Å². The summed E-state index contributed by atoms with van der Waals surface area (Å²) >= 11 is 0. The van der Waals surface area contributed by atoms with Gasteiger partial charge in [0.2, 0.25) is 0 Å². The molecule has 3 heteroatoms. The Morgan fingerprint density at radius 3 is 2.47 bits per heavy atom. The van der Waals surface area contributed by atoms with Crippen molar-refractivity contribution >= 4 is 0 Å². The second kappa shape index (κ2) is 6.74. The second-order valence-corrected chi connectivity index (χ2v) is 4.48. The number of hydroxylamine groups is 2. The van der Waals surface area contributed by atoms with Crippen LogP contribution in [0.5, 0.6) is 0 Å². The van der Waals surface area contributed by atoms with Crippen molar-refractivity contribution in [2.45, 2.75) is 39.3 Å². The summed E-state index contributed by atoms with van der Waals surface area (Å²) in [5.41, 5.74) is 8.63. The highest BCUT2D eigenvalue weighted by molar-refractivity contribution is 5.29. The summed E-state index contributed by atoms with van der Waals surface area (Å²) in [6.45, 7) is 7.17. The lowest BCUT2D eigenvalue weighted by Gasteiger charge is -2.33. The fraction of sp³-hybridized carbons (Fsp3) is 0.571. The Morgan fingerprint density at radius 1 is 1.35 bits per heavy atom.